The fourth-order valence-electron chi connectivity index (χ4n) is 1.67. The van der Waals surface area contributed by atoms with Crippen LogP contribution in [0.25, 0.3) is 0 Å². The van der Waals surface area contributed by atoms with Gasteiger partial charge in [-0.1, -0.05) is 46.0 Å². The normalized spacial score (nSPS) is 12.4. The van der Waals surface area contributed by atoms with Crippen molar-refractivity contribution < 1.29 is 0 Å². The molecule has 0 saturated heterocycles. The van der Waals surface area contributed by atoms with Gasteiger partial charge in [-0.05, 0) is 39.7 Å². The maximum Gasteiger partial charge on any atom is 0.00965 e. The monoisotopic (exact) mass is 213 g/mol. The van der Waals surface area contributed by atoms with Gasteiger partial charge in [0.1, 0.15) is 0 Å². The van der Waals surface area contributed by atoms with E-state index in [1.165, 1.54) is 45.1 Å². The van der Waals surface area contributed by atoms with Crippen LogP contribution in [0.2, 0.25) is 0 Å². The first kappa shape index (κ1) is 15.0. The van der Waals surface area contributed by atoms with Crippen molar-refractivity contribution in [2.75, 3.05) is 6.54 Å². The number of unbranched alkanes of at least 4 members (excludes halogenated alkanes) is 4. The Morgan fingerprint density at radius 1 is 0.867 bits per heavy atom. The van der Waals surface area contributed by atoms with Gasteiger partial charge < -0.3 is 5.32 Å². The quantitative estimate of drug-likeness (QED) is 0.590. The first-order valence-electron chi connectivity index (χ1n) is 6.67. The molecule has 0 aromatic heterocycles. The van der Waals surface area contributed by atoms with Crippen molar-refractivity contribution in [3.05, 3.63) is 0 Å². The molecule has 0 aliphatic carbocycles. The van der Waals surface area contributed by atoms with Crippen LogP contribution in [0.1, 0.15) is 73.1 Å². The minimum Gasteiger partial charge on any atom is -0.312 e. The fourth-order valence-corrected chi connectivity index (χ4v) is 1.67. The van der Waals surface area contributed by atoms with Crippen LogP contribution in [0.15, 0.2) is 0 Å². The van der Waals surface area contributed by atoms with Gasteiger partial charge in [0.25, 0.3) is 0 Å². The zero-order valence-corrected chi connectivity index (χ0v) is 11.5. The topological polar surface area (TPSA) is 12.0 Å². The summed E-state index contributed by atoms with van der Waals surface area (Å²) >= 11 is 0. The van der Waals surface area contributed by atoms with Crippen LogP contribution in [-0.2, 0) is 0 Å². The van der Waals surface area contributed by atoms with Gasteiger partial charge in [0, 0.05) is 5.54 Å². The SMILES string of the molecule is CC(C)CCCCCCCNC(C)(C)C. The molecule has 0 aliphatic rings. The first-order valence-corrected chi connectivity index (χ1v) is 6.67. The average molecular weight is 213 g/mol. The van der Waals surface area contributed by atoms with Crippen LogP contribution in [0.4, 0.5) is 0 Å². The molecule has 0 radical (unpaired) electrons. The van der Waals surface area contributed by atoms with Crippen LogP contribution >= 0.6 is 0 Å². The molecule has 92 valence electrons. The zero-order valence-electron chi connectivity index (χ0n) is 11.5. The summed E-state index contributed by atoms with van der Waals surface area (Å²) in [5, 5.41) is 3.53. The Balaban J connectivity index is 3.06. The summed E-state index contributed by atoms with van der Waals surface area (Å²) in [6, 6.07) is 0. The second-order valence-corrected chi connectivity index (χ2v) is 6.13. The van der Waals surface area contributed by atoms with Gasteiger partial charge in [0.15, 0.2) is 0 Å². The van der Waals surface area contributed by atoms with Crippen LogP contribution < -0.4 is 5.32 Å². The lowest BCUT2D eigenvalue weighted by atomic mass is 10.0. The summed E-state index contributed by atoms with van der Waals surface area (Å²) in [5.41, 5.74) is 0.289. The maximum absolute atomic E-state index is 3.53. The Kier molecular flexibility index (Phi) is 8.13. The van der Waals surface area contributed by atoms with Gasteiger partial charge in [-0.3, -0.25) is 0 Å². The largest absolute Gasteiger partial charge is 0.312 e. The highest BCUT2D eigenvalue weighted by Crippen LogP contribution is 2.10. The van der Waals surface area contributed by atoms with Crippen LogP contribution in [0.5, 0.6) is 0 Å². The Labute approximate surface area is 97.0 Å². The van der Waals surface area contributed by atoms with E-state index in [0.29, 0.717) is 0 Å². The van der Waals surface area contributed by atoms with Gasteiger partial charge in [-0.15, -0.1) is 0 Å². The Morgan fingerprint density at radius 2 is 1.40 bits per heavy atom. The van der Waals surface area contributed by atoms with Gasteiger partial charge >= 0.3 is 0 Å². The Bertz CT molecular complexity index is 133. The second kappa shape index (κ2) is 8.15. The number of nitrogens with one attached hydrogen (secondary N) is 1. The molecule has 0 amide bonds. The summed E-state index contributed by atoms with van der Waals surface area (Å²) < 4.78 is 0. The molecule has 0 atom stereocenters. The highest BCUT2D eigenvalue weighted by atomic mass is 14.9. The molecule has 15 heavy (non-hydrogen) atoms. The molecular weight excluding hydrogens is 182 g/mol. The number of rotatable bonds is 8. The summed E-state index contributed by atoms with van der Waals surface area (Å²) in [6.07, 6.45) is 8.39. The Hall–Kier alpha value is -0.0400. The van der Waals surface area contributed by atoms with E-state index in [4.69, 9.17) is 0 Å². The molecule has 1 heteroatoms. The fraction of sp³-hybridized carbons (Fsp3) is 1.00. The molecule has 0 rings (SSSR count). The molecule has 0 saturated carbocycles. The molecule has 1 nitrogen and oxygen atoms in total. The van der Waals surface area contributed by atoms with Crippen molar-refractivity contribution in [2.24, 2.45) is 5.92 Å². The molecule has 0 heterocycles. The Morgan fingerprint density at radius 3 is 1.93 bits per heavy atom. The number of hydrogen-bond donors (Lipinski definition) is 1. The van der Waals surface area contributed by atoms with E-state index in [0.717, 1.165) is 5.92 Å². The summed E-state index contributed by atoms with van der Waals surface area (Å²) in [6.45, 7) is 12.5. The first-order chi connectivity index (χ1) is 6.92. The lowest BCUT2D eigenvalue weighted by Crippen LogP contribution is -2.36. The van der Waals surface area contributed by atoms with Crippen LogP contribution in [0.3, 0.4) is 0 Å². The van der Waals surface area contributed by atoms with Crippen molar-refractivity contribution in [3.63, 3.8) is 0 Å². The highest BCUT2D eigenvalue weighted by molar-refractivity contribution is 4.69. The molecule has 0 aliphatic heterocycles. The maximum atomic E-state index is 3.53. The molecule has 0 fully saturated rings. The molecule has 0 aromatic rings. The molecule has 0 unspecified atom stereocenters. The van der Waals surface area contributed by atoms with Crippen LogP contribution in [0, 0.1) is 5.92 Å². The zero-order chi connectivity index (χ0) is 11.7. The third-order valence-corrected chi connectivity index (χ3v) is 2.61. The minimum atomic E-state index is 0.289. The van der Waals surface area contributed by atoms with Crippen molar-refractivity contribution in [1.82, 2.24) is 5.32 Å². The summed E-state index contributed by atoms with van der Waals surface area (Å²) in [4.78, 5) is 0. The van der Waals surface area contributed by atoms with E-state index in [-0.39, 0.29) is 5.54 Å². The molecular formula is C14H31N. The summed E-state index contributed by atoms with van der Waals surface area (Å²) in [7, 11) is 0. The van der Waals surface area contributed by atoms with E-state index in [2.05, 4.69) is 39.9 Å². The van der Waals surface area contributed by atoms with Gasteiger partial charge in [-0.25, -0.2) is 0 Å². The standard InChI is InChI=1S/C14H31N/c1-13(2)11-9-7-6-8-10-12-15-14(3,4)5/h13,15H,6-12H2,1-5H3. The number of hydrogen-bond acceptors (Lipinski definition) is 1. The lowest BCUT2D eigenvalue weighted by Gasteiger charge is -2.20. The molecule has 0 spiro atoms. The van der Waals surface area contributed by atoms with E-state index in [1.54, 1.807) is 0 Å². The third kappa shape index (κ3) is 14.0. The molecule has 0 bridgehead atoms. The summed E-state index contributed by atoms with van der Waals surface area (Å²) in [5.74, 6) is 0.882. The van der Waals surface area contributed by atoms with E-state index in [1.807, 2.05) is 0 Å². The van der Waals surface area contributed by atoms with Gasteiger partial charge in [0.2, 0.25) is 0 Å². The van der Waals surface area contributed by atoms with Crippen LogP contribution in [-0.4, -0.2) is 12.1 Å². The van der Waals surface area contributed by atoms with E-state index < -0.39 is 0 Å². The van der Waals surface area contributed by atoms with Crippen molar-refractivity contribution >= 4 is 0 Å². The van der Waals surface area contributed by atoms with E-state index in [9.17, 15) is 0 Å². The average Bonchev–Trinajstić information content (AvgIpc) is 2.07. The van der Waals surface area contributed by atoms with Crippen molar-refractivity contribution in [2.45, 2.75) is 78.7 Å². The highest BCUT2D eigenvalue weighted by Gasteiger charge is 2.06. The predicted octanol–water partition coefficient (Wildman–Crippen LogP) is 4.37. The van der Waals surface area contributed by atoms with Gasteiger partial charge in [0.05, 0.1) is 0 Å². The predicted molar refractivity (Wildman–Crippen MR) is 70.3 cm³/mol. The third-order valence-electron chi connectivity index (χ3n) is 2.61. The van der Waals surface area contributed by atoms with Crippen molar-refractivity contribution in [3.8, 4) is 0 Å². The van der Waals surface area contributed by atoms with E-state index >= 15 is 0 Å². The van der Waals surface area contributed by atoms with Crippen molar-refractivity contribution in [1.29, 1.82) is 0 Å². The molecule has 1 N–H and O–H groups in total. The second-order valence-electron chi connectivity index (χ2n) is 6.13. The minimum absolute atomic E-state index is 0.289. The smallest absolute Gasteiger partial charge is 0.00965 e. The lowest BCUT2D eigenvalue weighted by molar-refractivity contribution is 0.414. The van der Waals surface area contributed by atoms with Gasteiger partial charge in [-0.2, -0.15) is 0 Å². The molecule has 0 aromatic carbocycles.